The van der Waals surface area contributed by atoms with E-state index in [-0.39, 0.29) is 5.91 Å². The third-order valence-corrected chi connectivity index (χ3v) is 5.53. The molecule has 1 aliphatic carbocycles. The number of likely N-dealkylation sites (N-methyl/N-ethyl adjacent to an activating group) is 2. The minimum atomic E-state index is 0.0810. The summed E-state index contributed by atoms with van der Waals surface area (Å²) in [6.45, 7) is 8.68. The number of ether oxygens (including phenoxy) is 1. The Kier molecular flexibility index (Phi) is 14.4. The van der Waals surface area contributed by atoms with Gasteiger partial charge in [-0.1, -0.05) is 33.1 Å². The summed E-state index contributed by atoms with van der Waals surface area (Å²) in [5.41, 5.74) is 2.78. The predicted octanol–water partition coefficient (Wildman–Crippen LogP) is 3.29. The molecule has 1 aromatic heterocycles. The highest BCUT2D eigenvalue weighted by molar-refractivity contribution is 5.75. The second kappa shape index (κ2) is 16.3. The van der Waals surface area contributed by atoms with Crippen molar-refractivity contribution in [3.8, 4) is 0 Å². The molecular weight excluding hydrogens is 378 g/mol. The zero-order chi connectivity index (χ0) is 22.2. The van der Waals surface area contributed by atoms with E-state index in [2.05, 4.69) is 46.6 Å². The normalized spacial score (nSPS) is 14.6. The number of nitrogens with zero attached hydrogens (tertiary/aromatic N) is 2. The molecule has 1 amide bonds. The lowest BCUT2D eigenvalue weighted by Crippen LogP contribution is -2.27. The van der Waals surface area contributed by atoms with E-state index in [0.29, 0.717) is 24.9 Å². The molecule has 0 radical (unpaired) electrons. The van der Waals surface area contributed by atoms with Crippen LogP contribution in [0.1, 0.15) is 76.0 Å². The number of aromatic amines is 1. The average molecular weight is 424 g/mol. The molecular formula is C23H45N5O2. The lowest BCUT2D eigenvalue weighted by molar-refractivity contribution is -0.121. The van der Waals surface area contributed by atoms with E-state index in [4.69, 9.17) is 4.74 Å². The zero-order valence-electron chi connectivity index (χ0n) is 19.9. The van der Waals surface area contributed by atoms with Crippen LogP contribution in [0.3, 0.4) is 0 Å². The molecule has 3 N–H and O–H groups in total. The number of hydrogen-bond acceptors (Lipinski definition) is 5. The summed E-state index contributed by atoms with van der Waals surface area (Å²) >= 11 is 0. The van der Waals surface area contributed by atoms with Gasteiger partial charge in [0.25, 0.3) is 0 Å². The van der Waals surface area contributed by atoms with Gasteiger partial charge in [-0.25, -0.2) is 0 Å². The fraction of sp³-hybridized carbons (Fsp3) is 0.826. The van der Waals surface area contributed by atoms with Crippen molar-refractivity contribution in [1.29, 1.82) is 0 Å². The van der Waals surface area contributed by atoms with Crippen molar-refractivity contribution in [3.63, 3.8) is 0 Å². The zero-order valence-corrected chi connectivity index (χ0v) is 19.9. The Morgan fingerprint density at radius 3 is 2.67 bits per heavy atom. The predicted molar refractivity (Wildman–Crippen MR) is 124 cm³/mol. The Balaban J connectivity index is 0.000000329. The molecule has 0 atom stereocenters. The molecule has 7 nitrogen and oxygen atoms in total. The highest BCUT2D eigenvalue weighted by Gasteiger charge is 2.20. The first-order valence-corrected chi connectivity index (χ1v) is 11.6. The maximum Gasteiger partial charge on any atom is 0.222 e. The number of nitrogens with one attached hydrogen (secondary N) is 3. The van der Waals surface area contributed by atoms with E-state index in [1.807, 2.05) is 13.2 Å². The van der Waals surface area contributed by atoms with Crippen LogP contribution in [-0.4, -0.2) is 68.5 Å². The van der Waals surface area contributed by atoms with Gasteiger partial charge in [-0.15, -0.1) is 0 Å². The van der Waals surface area contributed by atoms with Gasteiger partial charge >= 0.3 is 0 Å². The van der Waals surface area contributed by atoms with Crippen molar-refractivity contribution in [2.24, 2.45) is 5.92 Å². The van der Waals surface area contributed by atoms with Gasteiger partial charge in [0, 0.05) is 56.9 Å². The Hall–Kier alpha value is -1.44. The summed E-state index contributed by atoms with van der Waals surface area (Å²) in [7, 11) is 5.77. The first-order chi connectivity index (χ1) is 14.5. The van der Waals surface area contributed by atoms with Crippen molar-refractivity contribution in [2.45, 2.75) is 71.3 Å². The van der Waals surface area contributed by atoms with Gasteiger partial charge in [0.2, 0.25) is 5.91 Å². The van der Waals surface area contributed by atoms with Gasteiger partial charge < -0.3 is 20.3 Å². The minimum Gasteiger partial charge on any atom is -0.384 e. The van der Waals surface area contributed by atoms with Crippen LogP contribution in [0.15, 0.2) is 6.20 Å². The average Bonchev–Trinajstić information content (AvgIpc) is 3.19. The number of carbonyl (C=O) groups excluding carboxylic acids is 1. The van der Waals surface area contributed by atoms with E-state index >= 15 is 0 Å². The molecule has 1 aliphatic rings. The Labute approximate surface area is 183 Å². The van der Waals surface area contributed by atoms with Crippen LogP contribution in [0.5, 0.6) is 0 Å². The number of aromatic nitrogens is 2. The maximum atomic E-state index is 11.0. The third-order valence-electron chi connectivity index (χ3n) is 5.53. The monoisotopic (exact) mass is 423 g/mol. The molecule has 0 aliphatic heterocycles. The summed E-state index contributed by atoms with van der Waals surface area (Å²) in [6, 6.07) is 0. The van der Waals surface area contributed by atoms with Crippen LogP contribution >= 0.6 is 0 Å². The van der Waals surface area contributed by atoms with Crippen molar-refractivity contribution in [2.75, 3.05) is 47.4 Å². The topological polar surface area (TPSA) is 82.3 Å². The number of amides is 1. The van der Waals surface area contributed by atoms with Crippen LogP contribution in [0.25, 0.3) is 0 Å². The molecule has 0 bridgehead atoms. The van der Waals surface area contributed by atoms with Gasteiger partial charge in [-0.3, -0.25) is 9.89 Å². The SMILES string of the molecule is CNCCN(C)Cc1cn[nH]c1C1CCCCC1.COCCC(=O)NCCC(C)C. The molecule has 30 heavy (non-hydrogen) atoms. The molecule has 1 aromatic rings. The quantitative estimate of drug-likeness (QED) is 0.481. The van der Waals surface area contributed by atoms with E-state index < -0.39 is 0 Å². The van der Waals surface area contributed by atoms with Gasteiger partial charge in [-0.05, 0) is 39.3 Å². The molecule has 1 fully saturated rings. The van der Waals surface area contributed by atoms with E-state index in [0.717, 1.165) is 32.6 Å². The molecule has 2 rings (SSSR count). The smallest absolute Gasteiger partial charge is 0.222 e. The molecule has 1 heterocycles. The number of H-pyrrole nitrogens is 1. The van der Waals surface area contributed by atoms with Gasteiger partial charge in [0.05, 0.1) is 12.8 Å². The van der Waals surface area contributed by atoms with Crippen molar-refractivity contribution >= 4 is 5.91 Å². The van der Waals surface area contributed by atoms with Crippen molar-refractivity contribution in [1.82, 2.24) is 25.7 Å². The maximum absolute atomic E-state index is 11.0. The van der Waals surface area contributed by atoms with E-state index in [1.165, 1.54) is 43.4 Å². The number of hydrogen-bond donors (Lipinski definition) is 3. The highest BCUT2D eigenvalue weighted by Crippen LogP contribution is 2.33. The number of rotatable bonds is 12. The summed E-state index contributed by atoms with van der Waals surface area (Å²) in [4.78, 5) is 13.3. The van der Waals surface area contributed by atoms with Crippen LogP contribution in [0, 0.1) is 5.92 Å². The largest absolute Gasteiger partial charge is 0.384 e. The van der Waals surface area contributed by atoms with E-state index in [1.54, 1.807) is 7.11 Å². The molecule has 0 saturated heterocycles. The van der Waals surface area contributed by atoms with Crippen molar-refractivity contribution < 1.29 is 9.53 Å². The van der Waals surface area contributed by atoms with Gasteiger partial charge in [0.15, 0.2) is 0 Å². The molecule has 174 valence electrons. The third kappa shape index (κ3) is 11.7. The first-order valence-electron chi connectivity index (χ1n) is 11.6. The molecule has 0 spiro atoms. The Bertz CT molecular complexity index is 556. The fourth-order valence-electron chi connectivity index (χ4n) is 3.65. The highest BCUT2D eigenvalue weighted by atomic mass is 16.5. The standard InChI is InChI=1S/C14H26N4.C9H19NO2/c1-15-8-9-18(2)11-13-10-16-17-14(13)12-6-4-3-5-7-12;1-8(2)4-6-10-9(11)5-7-12-3/h10,12,15H,3-9,11H2,1-2H3,(H,16,17);8H,4-7H2,1-3H3,(H,10,11). The number of methoxy groups -OCH3 is 1. The van der Waals surface area contributed by atoms with Gasteiger partial charge in [-0.2, -0.15) is 5.10 Å². The Morgan fingerprint density at radius 2 is 2.03 bits per heavy atom. The minimum absolute atomic E-state index is 0.0810. The van der Waals surface area contributed by atoms with Gasteiger partial charge in [0.1, 0.15) is 0 Å². The van der Waals surface area contributed by atoms with Crippen LogP contribution in [0.4, 0.5) is 0 Å². The summed E-state index contributed by atoms with van der Waals surface area (Å²) in [5.74, 6) is 1.44. The second-order valence-electron chi connectivity index (χ2n) is 8.76. The molecule has 7 heteroatoms. The van der Waals surface area contributed by atoms with Crippen LogP contribution in [-0.2, 0) is 16.1 Å². The molecule has 1 saturated carbocycles. The van der Waals surface area contributed by atoms with Crippen molar-refractivity contribution in [3.05, 3.63) is 17.5 Å². The first kappa shape index (κ1) is 26.6. The molecule has 0 aromatic carbocycles. The van der Waals surface area contributed by atoms with E-state index in [9.17, 15) is 4.79 Å². The van der Waals surface area contributed by atoms with Crippen LogP contribution < -0.4 is 10.6 Å². The molecule has 0 unspecified atom stereocenters. The van der Waals surface area contributed by atoms with Crippen LogP contribution in [0.2, 0.25) is 0 Å². The second-order valence-corrected chi connectivity index (χ2v) is 8.76. The Morgan fingerprint density at radius 1 is 1.30 bits per heavy atom. The summed E-state index contributed by atoms with van der Waals surface area (Å²) in [5, 5.41) is 13.5. The lowest BCUT2D eigenvalue weighted by Gasteiger charge is -2.23. The lowest BCUT2D eigenvalue weighted by atomic mass is 9.85. The summed E-state index contributed by atoms with van der Waals surface area (Å²) in [6.07, 6.45) is 10.3. The number of carbonyl (C=O) groups is 1. The fourth-order valence-corrected chi connectivity index (χ4v) is 3.65. The summed E-state index contributed by atoms with van der Waals surface area (Å²) < 4.78 is 4.78.